The SMILES string of the molecule is CC/C=C/C/C=C/C/C=C/C/C=C/CCCCCCCCCCCCC(=O)OCC(COCCC(C(=O)[O-])[N+](C)(C)C)OC(=O)CCCCCCCCC/C=C/C/C=C/C/C=C/C/C=C/CC. The van der Waals surface area contributed by atoms with Crippen LogP contribution < -0.4 is 5.11 Å². The zero-order chi connectivity index (χ0) is 49.2. The summed E-state index contributed by atoms with van der Waals surface area (Å²) in [5, 5.41) is 11.7. The lowest BCUT2D eigenvalue weighted by Gasteiger charge is -2.34. The van der Waals surface area contributed by atoms with Gasteiger partial charge in [0.15, 0.2) is 6.10 Å². The monoisotopic (exact) mass is 934 g/mol. The second kappa shape index (κ2) is 48.7. The third-order valence-electron chi connectivity index (χ3n) is 11.5. The summed E-state index contributed by atoms with van der Waals surface area (Å²) in [6.45, 7) is 4.43. The maximum Gasteiger partial charge on any atom is 0.306 e. The van der Waals surface area contributed by atoms with Gasteiger partial charge in [0.2, 0.25) is 0 Å². The van der Waals surface area contributed by atoms with Crippen LogP contribution in [-0.4, -0.2) is 75.5 Å². The highest BCUT2D eigenvalue weighted by Crippen LogP contribution is 2.15. The summed E-state index contributed by atoms with van der Waals surface area (Å²) in [7, 11) is 5.41. The number of hydrogen-bond donors (Lipinski definition) is 0. The largest absolute Gasteiger partial charge is 0.544 e. The van der Waals surface area contributed by atoms with E-state index in [-0.39, 0.29) is 42.7 Å². The maximum atomic E-state index is 12.8. The Labute approximate surface area is 411 Å². The number of carbonyl (C=O) groups is 3. The molecule has 0 aromatic rings. The lowest BCUT2D eigenvalue weighted by molar-refractivity contribution is -0.889. The van der Waals surface area contributed by atoms with Gasteiger partial charge in [0.1, 0.15) is 12.6 Å². The normalized spacial score (nSPS) is 13.6. The van der Waals surface area contributed by atoms with Gasteiger partial charge in [-0.1, -0.05) is 195 Å². The Kier molecular flexibility index (Phi) is 46.0. The number of esters is 2. The quantitative estimate of drug-likeness (QED) is 0.0259. The molecule has 0 rings (SSSR count). The van der Waals surface area contributed by atoms with Crippen LogP contribution >= 0.6 is 0 Å². The third kappa shape index (κ3) is 47.1. The van der Waals surface area contributed by atoms with E-state index in [0.717, 1.165) is 103 Å². The predicted molar refractivity (Wildman–Crippen MR) is 281 cm³/mol. The van der Waals surface area contributed by atoms with Crippen LogP contribution in [0.1, 0.15) is 206 Å². The van der Waals surface area contributed by atoms with E-state index in [1.165, 1.54) is 70.6 Å². The third-order valence-corrected chi connectivity index (χ3v) is 11.5. The molecule has 382 valence electrons. The highest BCUT2D eigenvalue weighted by atomic mass is 16.6. The zero-order valence-electron chi connectivity index (χ0n) is 43.5. The van der Waals surface area contributed by atoms with Gasteiger partial charge in [0.25, 0.3) is 0 Å². The first-order chi connectivity index (χ1) is 32.6. The number of aliphatic carboxylic acids is 1. The van der Waals surface area contributed by atoms with Crippen LogP contribution in [0.25, 0.3) is 0 Å². The second-order valence-electron chi connectivity index (χ2n) is 18.7. The van der Waals surface area contributed by atoms with Crippen LogP contribution in [0.3, 0.4) is 0 Å². The molecule has 8 nitrogen and oxygen atoms in total. The number of ether oxygens (including phenoxy) is 3. The highest BCUT2D eigenvalue weighted by Gasteiger charge is 2.25. The molecule has 0 heterocycles. The van der Waals surface area contributed by atoms with Gasteiger partial charge in [-0.25, -0.2) is 0 Å². The smallest absolute Gasteiger partial charge is 0.306 e. The fourth-order valence-electron chi connectivity index (χ4n) is 7.41. The van der Waals surface area contributed by atoms with E-state index in [4.69, 9.17) is 14.2 Å². The molecule has 0 amide bonds. The highest BCUT2D eigenvalue weighted by molar-refractivity contribution is 5.70. The van der Waals surface area contributed by atoms with Gasteiger partial charge >= 0.3 is 11.9 Å². The van der Waals surface area contributed by atoms with E-state index in [2.05, 4.69) is 111 Å². The van der Waals surface area contributed by atoms with E-state index in [1.54, 1.807) is 21.1 Å². The van der Waals surface area contributed by atoms with Crippen molar-refractivity contribution in [2.75, 3.05) is 41.0 Å². The summed E-state index contributed by atoms with van der Waals surface area (Å²) in [4.78, 5) is 37.1. The first kappa shape index (κ1) is 63.2. The molecule has 0 N–H and O–H groups in total. The molecule has 0 spiro atoms. The van der Waals surface area contributed by atoms with Gasteiger partial charge in [0.05, 0.1) is 40.3 Å². The number of nitrogens with zero attached hydrogens (tertiary/aromatic N) is 1. The number of carboxylic acid groups (broad SMARTS) is 1. The van der Waals surface area contributed by atoms with Crippen molar-refractivity contribution in [1.29, 1.82) is 0 Å². The molecule has 8 heteroatoms. The van der Waals surface area contributed by atoms with Crippen LogP contribution in [0.4, 0.5) is 0 Å². The van der Waals surface area contributed by atoms with E-state index < -0.39 is 18.1 Å². The number of carbonyl (C=O) groups excluding carboxylic acids is 3. The fourth-order valence-corrected chi connectivity index (χ4v) is 7.41. The molecule has 0 aliphatic rings. The molecule has 0 aromatic carbocycles. The molecule has 0 bridgehead atoms. The van der Waals surface area contributed by atoms with Gasteiger partial charge in [0, 0.05) is 19.3 Å². The number of carboxylic acids is 1. The minimum atomic E-state index is -1.13. The van der Waals surface area contributed by atoms with Crippen molar-refractivity contribution in [3.63, 3.8) is 0 Å². The molecule has 2 atom stereocenters. The number of likely N-dealkylation sites (N-methyl/N-ethyl adjacent to an activating group) is 1. The molecule has 0 aliphatic heterocycles. The van der Waals surface area contributed by atoms with Crippen molar-refractivity contribution in [1.82, 2.24) is 0 Å². The number of hydrogen-bond acceptors (Lipinski definition) is 7. The Bertz CT molecular complexity index is 1410. The molecular formula is C59H99NO7. The maximum absolute atomic E-state index is 12.8. The molecule has 67 heavy (non-hydrogen) atoms. The van der Waals surface area contributed by atoms with E-state index in [0.29, 0.717) is 12.8 Å². The minimum absolute atomic E-state index is 0.0299. The van der Waals surface area contributed by atoms with Gasteiger partial charge in [-0.15, -0.1) is 0 Å². The molecule has 0 saturated heterocycles. The average Bonchev–Trinajstić information content (AvgIpc) is 3.29. The van der Waals surface area contributed by atoms with Gasteiger partial charge in [-0.2, -0.15) is 0 Å². The minimum Gasteiger partial charge on any atom is -0.544 e. The second-order valence-corrected chi connectivity index (χ2v) is 18.7. The Balaban J connectivity index is 4.25. The Morgan fingerprint density at radius 3 is 1.16 bits per heavy atom. The Hall–Kier alpha value is -3.75. The first-order valence-corrected chi connectivity index (χ1v) is 26.8. The van der Waals surface area contributed by atoms with Crippen molar-refractivity contribution in [2.24, 2.45) is 0 Å². The molecule has 0 aliphatic carbocycles. The standard InChI is InChI=1S/C59H99NO7/c1-6-8-10-12-14-16-18-20-22-24-26-28-29-30-32-33-35-37-39-41-43-45-47-49-57(61)66-54-55(53-65-52-51-56(59(63)64)60(3,4)5)67-58(62)50-48-46-44-42-40-38-36-34-31-27-25-23-21-19-17-15-13-11-9-7-2/h8-11,14-17,20-23,26-28,31,55-56H,6-7,12-13,18-19,24-25,29-30,32-54H2,1-5H3/b10-8+,11-9+,16-14+,17-15+,22-20+,23-21+,28-26+,31-27+. The van der Waals surface area contributed by atoms with Crippen molar-refractivity contribution in [2.45, 2.75) is 219 Å². The lowest BCUT2D eigenvalue weighted by Crippen LogP contribution is -2.55. The van der Waals surface area contributed by atoms with Crippen molar-refractivity contribution in [3.8, 4) is 0 Å². The van der Waals surface area contributed by atoms with Crippen LogP contribution in [0.2, 0.25) is 0 Å². The molecule has 0 fully saturated rings. The van der Waals surface area contributed by atoms with Gasteiger partial charge in [-0.3, -0.25) is 9.59 Å². The van der Waals surface area contributed by atoms with E-state index in [9.17, 15) is 19.5 Å². The van der Waals surface area contributed by atoms with Crippen molar-refractivity contribution >= 4 is 17.9 Å². The summed E-state index contributed by atoms with van der Waals surface area (Å²) < 4.78 is 17.3. The van der Waals surface area contributed by atoms with Crippen LogP contribution in [0.5, 0.6) is 0 Å². The predicted octanol–water partition coefficient (Wildman–Crippen LogP) is 14.5. The molecule has 0 saturated carbocycles. The Morgan fingerprint density at radius 1 is 0.448 bits per heavy atom. The number of unbranched alkanes of at least 4 members (excludes halogenated alkanes) is 17. The van der Waals surface area contributed by atoms with Crippen molar-refractivity contribution < 1.29 is 38.2 Å². The van der Waals surface area contributed by atoms with E-state index in [1.807, 2.05) is 0 Å². The summed E-state index contributed by atoms with van der Waals surface area (Å²) in [6.07, 6.45) is 65.8. The lowest BCUT2D eigenvalue weighted by atomic mass is 10.1. The fraction of sp³-hybridized carbons (Fsp3) is 0.678. The van der Waals surface area contributed by atoms with Crippen LogP contribution in [0, 0.1) is 0 Å². The summed E-state index contributed by atoms with van der Waals surface area (Å²) >= 11 is 0. The molecule has 0 aromatic heterocycles. The molecule has 2 unspecified atom stereocenters. The molecule has 0 radical (unpaired) electrons. The van der Waals surface area contributed by atoms with E-state index >= 15 is 0 Å². The topological polar surface area (TPSA) is 102 Å². The number of allylic oxidation sites excluding steroid dienone is 16. The van der Waals surface area contributed by atoms with Gasteiger partial charge in [-0.05, 0) is 89.9 Å². The summed E-state index contributed by atoms with van der Waals surface area (Å²) in [5.74, 6) is -1.76. The van der Waals surface area contributed by atoms with Crippen molar-refractivity contribution in [3.05, 3.63) is 97.2 Å². The Morgan fingerprint density at radius 2 is 0.791 bits per heavy atom. The number of quaternary nitrogens is 1. The summed E-state index contributed by atoms with van der Waals surface area (Å²) in [6, 6.07) is -0.734. The van der Waals surface area contributed by atoms with Crippen LogP contribution in [-0.2, 0) is 28.6 Å². The number of rotatable bonds is 47. The van der Waals surface area contributed by atoms with Gasteiger partial charge < -0.3 is 28.6 Å². The first-order valence-electron chi connectivity index (χ1n) is 26.8. The van der Waals surface area contributed by atoms with Crippen LogP contribution in [0.15, 0.2) is 97.2 Å². The molecular weight excluding hydrogens is 835 g/mol. The zero-order valence-corrected chi connectivity index (χ0v) is 43.5. The summed E-state index contributed by atoms with van der Waals surface area (Å²) in [5.41, 5.74) is 0. The average molecular weight is 934 g/mol.